The maximum absolute atomic E-state index is 13.7. The molecule has 0 spiro atoms. The molecule has 5 heteroatoms. The Kier molecular flexibility index (Phi) is 5.48. The van der Waals surface area contributed by atoms with Crippen molar-refractivity contribution in [3.63, 3.8) is 0 Å². The predicted molar refractivity (Wildman–Crippen MR) is 69.3 cm³/mol. The van der Waals surface area contributed by atoms with Crippen LogP contribution in [0, 0.1) is 11.7 Å². The molecule has 1 unspecified atom stereocenters. The smallest absolute Gasteiger partial charge is 0.340 e. The summed E-state index contributed by atoms with van der Waals surface area (Å²) in [6.07, 6.45) is 1.15. The van der Waals surface area contributed by atoms with Gasteiger partial charge in [-0.25, -0.2) is 9.18 Å². The van der Waals surface area contributed by atoms with Gasteiger partial charge in [0.05, 0.1) is 12.7 Å². The third kappa shape index (κ3) is 4.05. The molecule has 1 aromatic rings. The second kappa shape index (κ2) is 6.87. The molecule has 1 atom stereocenters. The number of hydrogen-bond donors (Lipinski definition) is 1. The Hall–Kier alpha value is -1.91. The minimum atomic E-state index is -0.699. The molecule has 0 aliphatic heterocycles. The first kappa shape index (κ1) is 15.1. The molecule has 0 saturated heterocycles. The molecule has 1 N–H and O–H groups in total. The second-order valence-corrected chi connectivity index (χ2v) is 4.64. The first-order valence-electron chi connectivity index (χ1n) is 6.06. The van der Waals surface area contributed by atoms with E-state index in [-0.39, 0.29) is 17.5 Å². The van der Waals surface area contributed by atoms with Gasteiger partial charge in [0, 0.05) is 6.04 Å². The molecule has 0 heterocycles. The molecule has 0 aliphatic rings. The van der Waals surface area contributed by atoms with Crippen LogP contribution in [0.2, 0.25) is 0 Å². The molecule has 1 rings (SSSR count). The molecule has 19 heavy (non-hydrogen) atoms. The third-order valence-electron chi connectivity index (χ3n) is 2.98. The number of carbonyl (C=O) groups is 2. The van der Waals surface area contributed by atoms with Gasteiger partial charge in [-0.15, -0.1) is 0 Å². The van der Waals surface area contributed by atoms with Crippen LogP contribution >= 0.6 is 0 Å². The number of carbonyl (C=O) groups excluding carboxylic acids is 2. The van der Waals surface area contributed by atoms with Crippen molar-refractivity contribution in [2.45, 2.75) is 26.3 Å². The van der Waals surface area contributed by atoms with Gasteiger partial charge in [-0.3, -0.25) is 4.79 Å². The highest BCUT2D eigenvalue weighted by Gasteiger charge is 2.16. The van der Waals surface area contributed by atoms with E-state index in [4.69, 9.17) is 0 Å². The van der Waals surface area contributed by atoms with Crippen molar-refractivity contribution >= 4 is 12.4 Å². The Morgan fingerprint density at radius 3 is 2.63 bits per heavy atom. The van der Waals surface area contributed by atoms with E-state index in [2.05, 4.69) is 10.1 Å². The first-order chi connectivity index (χ1) is 8.99. The molecule has 0 fully saturated rings. The van der Waals surface area contributed by atoms with E-state index in [9.17, 15) is 14.0 Å². The molecular formula is C14H18FNO3. The van der Waals surface area contributed by atoms with E-state index in [0.29, 0.717) is 12.8 Å². The van der Waals surface area contributed by atoms with E-state index in [1.165, 1.54) is 19.2 Å². The summed E-state index contributed by atoms with van der Waals surface area (Å²) in [6, 6.07) is 4.29. The molecule has 1 aromatic carbocycles. The second-order valence-electron chi connectivity index (χ2n) is 4.64. The fourth-order valence-corrected chi connectivity index (χ4v) is 1.79. The number of methoxy groups -OCH3 is 1. The third-order valence-corrected chi connectivity index (χ3v) is 2.98. The summed E-state index contributed by atoms with van der Waals surface area (Å²) in [4.78, 5) is 21.8. The van der Waals surface area contributed by atoms with Crippen LogP contribution in [-0.4, -0.2) is 25.5 Å². The highest BCUT2D eigenvalue weighted by Crippen LogP contribution is 2.15. The van der Waals surface area contributed by atoms with Gasteiger partial charge in [0.25, 0.3) is 0 Å². The summed E-state index contributed by atoms with van der Waals surface area (Å²) in [5, 5.41) is 2.70. The van der Waals surface area contributed by atoms with Crippen molar-refractivity contribution in [1.82, 2.24) is 5.32 Å². The van der Waals surface area contributed by atoms with E-state index in [1.807, 2.05) is 13.8 Å². The van der Waals surface area contributed by atoms with Gasteiger partial charge >= 0.3 is 5.97 Å². The topological polar surface area (TPSA) is 55.4 Å². The van der Waals surface area contributed by atoms with E-state index in [0.717, 1.165) is 5.56 Å². The van der Waals surface area contributed by atoms with Crippen LogP contribution in [-0.2, 0) is 16.0 Å². The van der Waals surface area contributed by atoms with Gasteiger partial charge in [0.1, 0.15) is 5.82 Å². The van der Waals surface area contributed by atoms with Crippen molar-refractivity contribution in [3.05, 3.63) is 35.1 Å². The van der Waals surface area contributed by atoms with Gasteiger partial charge in [0.2, 0.25) is 6.41 Å². The molecule has 0 radical (unpaired) electrons. The lowest BCUT2D eigenvalue weighted by Crippen LogP contribution is -2.34. The lowest BCUT2D eigenvalue weighted by molar-refractivity contribution is -0.110. The summed E-state index contributed by atoms with van der Waals surface area (Å²) in [6.45, 7) is 3.95. The van der Waals surface area contributed by atoms with Gasteiger partial charge in [0.15, 0.2) is 0 Å². The summed E-state index contributed by atoms with van der Waals surface area (Å²) in [7, 11) is 1.21. The fourth-order valence-electron chi connectivity index (χ4n) is 1.79. The SMILES string of the molecule is COC(=O)c1ccc(CC(NC=O)C(C)C)cc1F. The summed E-state index contributed by atoms with van der Waals surface area (Å²) in [5.41, 5.74) is 0.633. The van der Waals surface area contributed by atoms with Gasteiger partial charge in [-0.1, -0.05) is 19.9 Å². The Labute approximate surface area is 112 Å². The zero-order valence-electron chi connectivity index (χ0n) is 11.3. The Balaban J connectivity index is 2.88. The maximum atomic E-state index is 13.7. The van der Waals surface area contributed by atoms with Crippen molar-refractivity contribution in [2.24, 2.45) is 5.92 Å². The quantitative estimate of drug-likeness (QED) is 0.633. The predicted octanol–water partition coefficient (Wildman–Crippen LogP) is 1.93. The van der Waals surface area contributed by atoms with Crippen molar-refractivity contribution < 1.29 is 18.7 Å². The number of esters is 1. The average Bonchev–Trinajstić information content (AvgIpc) is 2.37. The maximum Gasteiger partial charge on any atom is 0.340 e. The Morgan fingerprint density at radius 1 is 1.47 bits per heavy atom. The standard InChI is InChI=1S/C14H18FNO3/c1-9(2)13(16-8-17)7-10-4-5-11(12(15)6-10)14(18)19-3/h4-6,8-9,13H,7H2,1-3H3,(H,16,17). The number of ether oxygens (including phenoxy) is 1. The Bertz CT molecular complexity index is 460. The molecule has 0 saturated carbocycles. The number of benzene rings is 1. The summed E-state index contributed by atoms with van der Waals surface area (Å²) < 4.78 is 18.2. The number of rotatable bonds is 6. The van der Waals surface area contributed by atoms with Crippen LogP contribution < -0.4 is 5.32 Å². The zero-order valence-corrected chi connectivity index (χ0v) is 11.3. The van der Waals surface area contributed by atoms with Crippen molar-refractivity contribution in [1.29, 1.82) is 0 Å². The highest BCUT2D eigenvalue weighted by molar-refractivity contribution is 5.89. The molecular weight excluding hydrogens is 249 g/mol. The summed E-state index contributed by atoms with van der Waals surface area (Å²) in [5.74, 6) is -1.08. The van der Waals surface area contributed by atoms with Crippen LogP contribution in [0.1, 0.15) is 29.8 Å². The minimum Gasteiger partial charge on any atom is -0.465 e. The number of amides is 1. The van der Waals surface area contributed by atoms with Crippen LogP contribution in [0.5, 0.6) is 0 Å². The van der Waals surface area contributed by atoms with E-state index < -0.39 is 11.8 Å². The van der Waals surface area contributed by atoms with Gasteiger partial charge in [-0.05, 0) is 30.0 Å². The molecule has 4 nitrogen and oxygen atoms in total. The van der Waals surface area contributed by atoms with E-state index >= 15 is 0 Å². The fraction of sp³-hybridized carbons (Fsp3) is 0.429. The average molecular weight is 267 g/mol. The molecule has 0 bridgehead atoms. The molecule has 104 valence electrons. The van der Waals surface area contributed by atoms with Crippen LogP contribution in [0.25, 0.3) is 0 Å². The first-order valence-corrected chi connectivity index (χ1v) is 6.06. The van der Waals surface area contributed by atoms with Gasteiger partial charge in [-0.2, -0.15) is 0 Å². The van der Waals surface area contributed by atoms with Crippen LogP contribution in [0.3, 0.4) is 0 Å². The van der Waals surface area contributed by atoms with Crippen molar-refractivity contribution in [2.75, 3.05) is 7.11 Å². The van der Waals surface area contributed by atoms with Crippen molar-refractivity contribution in [3.8, 4) is 0 Å². The minimum absolute atomic E-state index is 0.0686. The van der Waals surface area contributed by atoms with Crippen LogP contribution in [0.15, 0.2) is 18.2 Å². The zero-order chi connectivity index (χ0) is 14.4. The Morgan fingerprint density at radius 2 is 2.16 bits per heavy atom. The van der Waals surface area contributed by atoms with Crippen LogP contribution in [0.4, 0.5) is 4.39 Å². The number of nitrogens with one attached hydrogen (secondary N) is 1. The normalized spacial score (nSPS) is 12.1. The van der Waals surface area contributed by atoms with Gasteiger partial charge < -0.3 is 10.1 Å². The largest absolute Gasteiger partial charge is 0.465 e. The number of hydrogen-bond acceptors (Lipinski definition) is 3. The summed E-state index contributed by atoms with van der Waals surface area (Å²) >= 11 is 0. The molecule has 0 aliphatic carbocycles. The molecule has 0 aromatic heterocycles. The number of halogens is 1. The molecule has 1 amide bonds. The van der Waals surface area contributed by atoms with E-state index in [1.54, 1.807) is 6.07 Å². The lowest BCUT2D eigenvalue weighted by Gasteiger charge is -2.20. The monoisotopic (exact) mass is 267 g/mol. The lowest BCUT2D eigenvalue weighted by atomic mass is 9.96. The highest BCUT2D eigenvalue weighted by atomic mass is 19.1.